The van der Waals surface area contributed by atoms with Crippen LogP contribution in [0.1, 0.15) is 6.42 Å². The second kappa shape index (κ2) is 3.10. The maximum absolute atomic E-state index is 3.34. The Morgan fingerprint density at radius 1 is 1.36 bits per heavy atom. The third kappa shape index (κ3) is 3.24. The van der Waals surface area contributed by atoms with Gasteiger partial charge < -0.3 is 0 Å². The maximum atomic E-state index is 3.34. The van der Waals surface area contributed by atoms with Crippen molar-refractivity contribution in [2.45, 2.75) is 26.1 Å². The van der Waals surface area contributed by atoms with Crippen LogP contribution < -0.4 is 0 Å². The predicted molar refractivity (Wildman–Crippen MR) is 53.0 cm³/mol. The van der Waals surface area contributed by atoms with Crippen molar-refractivity contribution in [1.82, 2.24) is 0 Å². The third-order valence-electron chi connectivity index (χ3n) is 1.37. The fraction of sp³-hybridized carbons (Fsp3) is 0.400. The molecule has 0 saturated carbocycles. The number of allylic oxidation sites excluding steroid dienone is 4. The van der Waals surface area contributed by atoms with Gasteiger partial charge in [-0.25, -0.2) is 0 Å². The summed E-state index contributed by atoms with van der Waals surface area (Å²) < 4.78 is 0. The van der Waals surface area contributed by atoms with E-state index in [1.165, 1.54) is 5.57 Å². The van der Waals surface area contributed by atoms with Gasteiger partial charge in [-0.15, -0.1) is 5.54 Å². The first-order valence-electron chi connectivity index (χ1n) is 3.97. The first kappa shape index (κ1) is 8.35. The van der Waals surface area contributed by atoms with E-state index in [-0.39, 0.29) is 0 Å². The Morgan fingerprint density at radius 2 is 2.09 bits per heavy atom. The van der Waals surface area contributed by atoms with Crippen molar-refractivity contribution in [3.63, 3.8) is 0 Å². The van der Waals surface area contributed by atoms with E-state index in [4.69, 9.17) is 0 Å². The van der Waals surface area contributed by atoms with Crippen molar-refractivity contribution in [2.75, 3.05) is 0 Å². The van der Waals surface area contributed by atoms with Gasteiger partial charge in [-0.1, -0.05) is 43.8 Å². The van der Waals surface area contributed by atoms with Crippen LogP contribution in [-0.2, 0) is 0 Å². The molecule has 0 aromatic rings. The average molecular weight is 162 g/mol. The van der Waals surface area contributed by atoms with E-state index in [1.54, 1.807) is 0 Å². The Balaban J connectivity index is 2.59. The average Bonchev–Trinajstić information content (AvgIpc) is 2.32. The van der Waals surface area contributed by atoms with Gasteiger partial charge in [0.05, 0.1) is 0 Å². The summed E-state index contributed by atoms with van der Waals surface area (Å²) in [5.74, 6) is 3.23. The standard InChI is InChI=1S/C10H14Si/c1-11(2,3)9-8-10-6-4-5-7-10/h4-6H,7H2,1-3H3. The third-order valence-corrected chi connectivity index (χ3v) is 2.24. The van der Waals surface area contributed by atoms with Crippen LogP contribution in [0.3, 0.4) is 0 Å². The molecule has 0 nitrogen and oxygen atoms in total. The van der Waals surface area contributed by atoms with Gasteiger partial charge in [-0.05, 0) is 6.42 Å². The van der Waals surface area contributed by atoms with E-state index in [0.29, 0.717) is 0 Å². The minimum absolute atomic E-state index is 1.04. The van der Waals surface area contributed by atoms with Crippen molar-refractivity contribution in [3.8, 4) is 11.5 Å². The molecule has 1 aliphatic rings. The quantitative estimate of drug-likeness (QED) is 0.379. The highest BCUT2D eigenvalue weighted by Crippen LogP contribution is 2.09. The molecule has 0 bridgehead atoms. The fourth-order valence-corrected chi connectivity index (χ4v) is 1.34. The summed E-state index contributed by atoms with van der Waals surface area (Å²) in [5, 5.41) is 0. The lowest BCUT2D eigenvalue weighted by Crippen LogP contribution is -2.16. The Kier molecular flexibility index (Phi) is 2.36. The van der Waals surface area contributed by atoms with Crippen LogP contribution in [0, 0.1) is 11.5 Å². The molecule has 1 rings (SSSR count). The zero-order chi connectivity index (χ0) is 8.32. The Morgan fingerprint density at radius 3 is 2.55 bits per heavy atom. The van der Waals surface area contributed by atoms with Gasteiger partial charge in [0.15, 0.2) is 0 Å². The second-order valence-electron chi connectivity index (χ2n) is 3.82. The smallest absolute Gasteiger partial charge is 0.127 e. The lowest BCUT2D eigenvalue weighted by atomic mass is 10.2. The molecule has 0 radical (unpaired) electrons. The Hall–Kier alpha value is -0.743. The van der Waals surface area contributed by atoms with Gasteiger partial charge in [0.1, 0.15) is 8.07 Å². The lowest BCUT2D eigenvalue weighted by molar-refractivity contribution is 1.36. The molecule has 0 unspecified atom stereocenters. The van der Waals surface area contributed by atoms with Crippen molar-refractivity contribution in [3.05, 3.63) is 23.8 Å². The van der Waals surface area contributed by atoms with E-state index in [9.17, 15) is 0 Å². The van der Waals surface area contributed by atoms with E-state index in [0.717, 1.165) is 6.42 Å². The van der Waals surface area contributed by atoms with Crippen LogP contribution in [0.15, 0.2) is 23.8 Å². The van der Waals surface area contributed by atoms with E-state index < -0.39 is 8.07 Å². The highest BCUT2D eigenvalue weighted by molar-refractivity contribution is 6.83. The van der Waals surface area contributed by atoms with Crippen LogP contribution in [0.4, 0.5) is 0 Å². The molecule has 0 aliphatic heterocycles. The first-order chi connectivity index (χ1) is 5.08. The summed E-state index contributed by atoms with van der Waals surface area (Å²) >= 11 is 0. The van der Waals surface area contributed by atoms with Crippen molar-refractivity contribution in [1.29, 1.82) is 0 Å². The van der Waals surface area contributed by atoms with Gasteiger partial charge in [-0.2, -0.15) is 0 Å². The zero-order valence-electron chi connectivity index (χ0n) is 7.44. The summed E-state index contributed by atoms with van der Waals surface area (Å²) in [6.45, 7) is 6.80. The molecule has 0 fully saturated rings. The lowest BCUT2D eigenvalue weighted by Gasteiger charge is -2.03. The molecule has 0 aromatic carbocycles. The minimum atomic E-state index is -1.15. The normalized spacial score (nSPS) is 15.7. The van der Waals surface area contributed by atoms with Crippen molar-refractivity contribution in [2.24, 2.45) is 0 Å². The Bertz CT molecular complexity index is 253. The van der Waals surface area contributed by atoms with Crippen molar-refractivity contribution >= 4 is 8.07 Å². The van der Waals surface area contributed by atoms with Gasteiger partial charge >= 0.3 is 0 Å². The summed E-state index contributed by atoms with van der Waals surface area (Å²) in [7, 11) is -1.15. The molecule has 0 amide bonds. The van der Waals surface area contributed by atoms with Crippen LogP contribution >= 0.6 is 0 Å². The van der Waals surface area contributed by atoms with Crippen molar-refractivity contribution < 1.29 is 0 Å². The van der Waals surface area contributed by atoms with Crippen LogP contribution in [0.5, 0.6) is 0 Å². The molecule has 1 heteroatoms. The molecular weight excluding hydrogens is 148 g/mol. The second-order valence-corrected chi connectivity index (χ2v) is 8.57. The Labute approximate surface area is 70.0 Å². The molecule has 0 atom stereocenters. The molecule has 0 heterocycles. The number of rotatable bonds is 0. The van der Waals surface area contributed by atoms with E-state index in [1.807, 2.05) is 0 Å². The van der Waals surface area contributed by atoms with Gasteiger partial charge in [0.2, 0.25) is 0 Å². The van der Waals surface area contributed by atoms with Gasteiger partial charge in [-0.3, -0.25) is 0 Å². The fourth-order valence-electron chi connectivity index (χ4n) is 0.808. The summed E-state index contributed by atoms with van der Waals surface area (Å²) in [4.78, 5) is 0. The molecule has 0 saturated heterocycles. The maximum Gasteiger partial charge on any atom is 0.129 e. The zero-order valence-corrected chi connectivity index (χ0v) is 8.44. The molecule has 11 heavy (non-hydrogen) atoms. The van der Waals surface area contributed by atoms with Crippen LogP contribution in [0.2, 0.25) is 19.6 Å². The largest absolute Gasteiger partial charge is 0.129 e. The number of hydrogen-bond donors (Lipinski definition) is 0. The highest BCUT2D eigenvalue weighted by Gasteiger charge is 2.07. The van der Waals surface area contributed by atoms with E-state index in [2.05, 4.69) is 49.3 Å². The molecule has 1 aliphatic carbocycles. The molecule has 0 aromatic heterocycles. The van der Waals surface area contributed by atoms with Crippen LogP contribution in [-0.4, -0.2) is 8.07 Å². The summed E-state index contributed by atoms with van der Waals surface area (Å²) in [6, 6.07) is 0. The molecular formula is C10H14Si. The molecule has 0 spiro atoms. The summed E-state index contributed by atoms with van der Waals surface area (Å²) in [6.07, 6.45) is 7.37. The SMILES string of the molecule is C[Si](C)(C)C#CC1=CC=CC1. The first-order valence-corrected chi connectivity index (χ1v) is 7.47. The predicted octanol–water partition coefficient (Wildman–Crippen LogP) is 2.75. The van der Waals surface area contributed by atoms with Gasteiger partial charge in [0.25, 0.3) is 0 Å². The molecule has 58 valence electrons. The minimum Gasteiger partial charge on any atom is -0.127 e. The van der Waals surface area contributed by atoms with Crippen LogP contribution in [0.25, 0.3) is 0 Å². The number of hydrogen-bond acceptors (Lipinski definition) is 0. The van der Waals surface area contributed by atoms with E-state index >= 15 is 0 Å². The monoisotopic (exact) mass is 162 g/mol. The van der Waals surface area contributed by atoms with Gasteiger partial charge in [0, 0.05) is 5.57 Å². The highest BCUT2D eigenvalue weighted by atomic mass is 28.3. The summed E-state index contributed by atoms with van der Waals surface area (Å²) in [5.41, 5.74) is 4.62. The molecule has 0 N–H and O–H groups in total. The topological polar surface area (TPSA) is 0 Å².